The molecule has 0 spiro atoms. The minimum absolute atomic E-state index is 0.0641. The van der Waals surface area contributed by atoms with E-state index in [1.54, 1.807) is 11.8 Å². The highest BCUT2D eigenvalue weighted by Gasteiger charge is 2.35. The van der Waals surface area contributed by atoms with Gasteiger partial charge in [0.1, 0.15) is 16.4 Å². The van der Waals surface area contributed by atoms with Gasteiger partial charge in [0.25, 0.3) is 5.91 Å². The number of likely N-dealkylation sites (N-methyl/N-ethyl adjacent to an activating group) is 1. The number of carbonyl (C=O) groups is 1. The predicted octanol–water partition coefficient (Wildman–Crippen LogP) is 4.66. The van der Waals surface area contributed by atoms with Crippen molar-refractivity contribution in [2.75, 3.05) is 26.7 Å². The molecule has 0 saturated heterocycles. The number of rotatable bonds is 6. The molecule has 1 aromatic heterocycles. The minimum Gasteiger partial charge on any atom is -0.394 e. The van der Waals surface area contributed by atoms with Gasteiger partial charge in [0, 0.05) is 49.6 Å². The molecule has 0 saturated carbocycles. The van der Waals surface area contributed by atoms with Gasteiger partial charge in [0.05, 0.1) is 25.4 Å². The zero-order chi connectivity index (χ0) is 30.2. The quantitative estimate of drug-likeness (QED) is 0.351. The molecule has 1 aliphatic heterocycles. The fourth-order valence-electron chi connectivity index (χ4n) is 5.70. The third kappa shape index (κ3) is 5.35. The maximum Gasteiger partial charge on any atom is 0.271 e. The van der Waals surface area contributed by atoms with Gasteiger partial charge >= 0.3 is 0 Å². The fourth-order valence-corrected chi connectivity index (χ4v) is 6.94. The van der Waals surface area contributed by atoms with Gasteiger partial charge in [-0.05, 0) is 36.2 Å². The third-order valence-electron chi connectivity index (χ3n) is 8.19. The highest BCUT2D eigenvalue weighted by molar-refractivity contribution is 7.89. The Balaban J connectivity index is 1.61. The van der Waals surface area contributed by atoms with Crippen molar-refractivity contribution in [2.24, 2.45) is 13.0 Å². The van der Waals surface area contributed by atoms with Crippen LogP contribution < -0.4 is 0 Å². The molecule has 0 radical (unpaired) electrons. The summed E-state index contributed by atoms with van der Waals surface area (Å²) in [4.78, 5) is 15.7. The van der Waals surface area contributed by atoms with Crippen molar-refractivity contribution in [2.45, 2.75) is 37.5 Å². The number of carbonyl (C=O) groups excluding carboxylic acids is 1. The number of benzene rings is 3. The normalized spacial score (nSPS) is 18.9. The molecular weight excluding hydrogens is 557 g/mol. The molecule has 1 N–H and O–H groups in total. The van der Waals surface area contributed by atoms with E-state index in [-0.39, 0.29) is 38.1 Å². The van der Waals surface area contributed by atoms with E-state index < -0.39 is 32.9 Å². The minimum atomic E-state index is -4.15. The number of halogens is 1. The van der Waals surface area contributed by atoms with Crippen LogP contribution in [0.1, 0.15) is 29.9 Å². The van der Waals surface area contributed by atoms with Gasteiger partial charge in [-0.1, -0.05) is 61.5 Å². The summed E-state index contributed by atoms with van der Waals surface area (Å²) in [6.07, 6.45) is -0.649. The second-order valence-electron chi connectivity index (χ2n) is 11.0. The van der Waals surface area contributed by atoms with Crippen molar-refractivity contribution in [3.8, 4) is 11.1 Å². The van der Waals surface area contributed by atoms with Crippen LogP contribution >= 0.6 is 0 Å². The average Bonchev–Trinajstić information content (AvgIpc) is 3.28. The fraction of sp³-hybridized carbons (Fsp3) is 0.344. The van der Waals surface area contributed by atoms with Crippen molar-refractivity contribution in [1.29, 1.82) is 0 Å². The Bertz CT molecular complexity index is 1720. The maximum atomic E-state index is 14.5. The van der Waals surface area contributed by atoms with Crippen LogP contribution in [0.5, 0.6) is 0 Å². The standard InChI is InChI=1S/C32H36FN3O5S/c1-21-17-36(22(2)19-37)32(38)31-30(25-13-7-9-15-27(25)35(31)4)24-12-6-5-11-23(24)20-41-28(21)18-34(3)42(39,40)29-16-10-8-14-26(29)33/h5-16,21-22,28,37H,17-20H2,1-4H3/t21-,22-,28+/m1/s1. The number of aryl methyl sites for hydroxylation is 1. The first kappa shape index (κ1) is 29.9. The van der Waals surface area contributed by atoms with Crippen molar-refractivity contribution < 1.29 is 27.4 Å². The Morgan fingerprint density at radius 1 is 1.07 bits per heavy atom. The molecule has 222 valence electrons. The van der Waals surface area contributed by atoms with E-state index in [2.05, 4.69) is 0 Å². The Kier molecular flexibility index (Phi) is 8.52. The molecule has 2 heterocycles. The van der Waals surface area contributed by atoms with Crippen molar-refractivity contribution in [3.63, 3.8) is 0 Å². The summed E-state index contributed by atoms with van der Waals surface area (Å²) < 4.78 is 50.6. The zero-order valence-electron chi connectivity index (χ0n) is 24.2. The lowest BCUT2D eigenvalue weighted by Crippen LogP contribution is -2.48. The number of para-hydroxylation sites is 1. The smallest absolute Gasteiger partial charge is 0.271 e. The van der Waals surface area contributed by atoms with E-state index in [0.29, 0.717) is 5.69 Å². The Morgan fingerprint density at radius 2 is 1.74 bits per heavy atom. The Labute approximate surface area is 246 Å². The summed E-state index contributed by atoms with van der Waals surface area (Å²) in [6.45, 7) is 3.74. The second-order valence-corrected chi connectivity index (χ2v) is 13.0. The maximum absolute atomic E-state index is 14.5. The molecule has 0 bridgehead atoms. The first-order chi connectivity index (χ1) is 20.1. The average molecular weight is 594 g/mol. The number of aromatic nitrogens is 1. The van der Waals surface area contributed by atoms with Gasteiger partial charge in [-0.25, -0.2) is 12.8 Å². The van der Waals surface area contributed by atoms with Crippen LogP contribution in [-0.4, -0.2) is 72.1 Å². The molecule has 42 heavy (non-hydrogen) atoms. The van der Waals surface area contributed by atoms with E-state index in [0.717, 1.165) is 38.0 Å². The molecule has 10 heteroatoms. The summed E-state index contributed by atoms with van der Waals surface area (Å²) in [5.41, 5.74) is 3.90. The van der Waals surface area contributed by atoms with Crippen molar-refractivity contribution in [1.82, 2.24) is 13.8 Å². The molecule has 1 aliphatic rings. The molecule has 0 fully saturated rings. The SMILES string of the molecule is C[C@@H]1CN([C@H](C)CO)C(=O)c2c(c3ccccc3n2C)-c2ccccc2CO[C@H]1CN(C)S(=O)(=O)c1ccccc1F. The number of fused-ring (bicyclic) bond motifs is 5. The first-order valence-corrected chi connectivity index (χ1v) is 15.4. The monoisotopic (exact) mass is 593 g/mol. The summed E-state index contributed by atoms with van der Waals surface area (Å²) in [5, 5.41) is 11.1. The molecule has 0 aliphatic carbocycles. The highest BCUT2D eigenvalue weighted by Crippen LogP contribution is 2.38. The van der Waals surface area contributed by atoms with E-state index in [1.807, 2.05) is 67.1 Å². The third-order valence-corrected chi connectivity index (χ3v) is 10.0. The molecule has 1 amide bonds. The van der Waals surface area contributed by atoms with Gasteiger partial charge in [0.15, 0.2) is 0 Å². The van der Waals surface area contributed by atoms with Crippen LogP contribution in [0.15, 0.2) is 77.7 Å². The van der Waals surface area contributed by atoms with Crippen LogP contribution in [0.2, 0.25) is 0 Å². The molecule has 5 rings (SSSR count). The van der Waals surface area contributed by atoms with Crippen molar-refractivity contribution in [3.05, 3.63) is 89.9 Å². The molecular formula is C32H36FN3O5S. The Hall–Kier alpha value is -3.57. The van der Waals surface area contributed by atoms with Gasteiger partial charge < -0.3 is 19.3 Å². The van der Waals surface area contributed by atoms with Crippen LogP contribution in [0.4, 0.5) is 4.39 Å². The van der Waals surface area contributed by atoms with Gasteiger partial charge in [0.2, 0.25) is 10.0 Å². The van der Waals surface area contributed by atoms with Crippen LogP contribution in [0.3, 0.4) is 0 Å². The summed E-state index contributed by atoms with van der Waals surface area (Å²) >= 11 is 0. The number of aliphatic hydroxyl groups excluding tert-OH is 1. The number of aliphatic hydroxyl groups is 1. The lowest BCUT2D eigenvalue weighted by atomic mass is 9.96. The van der Waals surface area contributed by atoms with Crippen LogP contribution in [-0.2, 0) is 28.4 Å². The predicted molar refractivity (Wildman–Crippen MR) is 160 cm³/mol. The van der Waals surface area contributed by atoms with Crippen LogP contribution in [0.25, 0.3) is 22.0 Å². The molecule has 3 aromatic carbocycles. The van der Waals surface area contributed by atoms with E-state index >= 15 is 0 Å². The summed E-state index contributed by atoms with van der Waals surface area (Å²) in [5.74, 6) is -1.40. The van der Waals surface area contributed by atoms with Crippen molar-refractivity contribution >= 4 is 26.8 Å². The van der Waals surface area contributed by atoms with E-state index in [9.17, 15) is 22.7 Å². The molecule has 4 aromatic rings. The number of hydrogen-bond donors (Lipinski definition) is 1. The second kappa shape index (κ2) is 12.0. The number of hydrogen-bond acceptors (Lipinski definition) is 5. The van der Waals surface area contributed by atoms with E-state index in [1.165, 1.54) is 25.2 Å². The summed E-state index contributed by atoms with van der Waals surface area (Å²) in [7, 11) is -0.883. The lowest BCUT2D eigenvalue weighted by molar-refractivity contribution is -0.0147. The Morgan fingerprint density at radius 3 is 2.48 bits per heavy atom. The molecule has 3 atom stereocenters. The van der Waals surface area contributed by atoms with Gasteiger partial charge in [-0.15, -0.1) is 0 Å². The number of nitrogens with zero attached hydrogens (tertiary/aromatic N) is 3. The topological polar surface area (TPSA) is 92.1 Å². The summed E-state index contributed by atoms with van der Waals surface area (Å²) in [6, 6.07) is 20.3. The number of ether oxygens (including phenoxy) is 1. The number of sulfonamides is 1. The number of amides is 1. The zero-order valence-corrected chi connectivity index (χ0v) is 25.0. The first-order valence-electron chi connectivity index (χ1n) is 14.0. The van der Waals surface area contributed by atoms with Gasteiger partial charge in [-0.3, -0.25) is 4.79 Å². The highest BCUT2D eigenvalue weighted by atomic mass is 32.2. The molecule has 8 nitrogen and oxygen atoms in total. The van der Waals surface area contributed by atoms with Crippen LogP contribution in [0, 0.1) is 11.7 Å². The van der Waals surface area contributed by atoms with Gasteiger partial charge in [-0.2, -0.15) is 4.31 Å². The lowest BCUT2D eigenvalue weighted by Gasteiger charge is -2.35. The largest absolute Gasteiger partial charge is 0.394 e. The van der Waals surface area contributed by atoms with E-state index in [4.69, 9.17) is 4.74 Å². The molecule has 0 unspecified atom stereocenters.